The molecular weight excluding hydrogens is 814 g/mol. The SMILES string of the molecule is CC(C)OC(=O)c1cc(-c2nn(C)c(C(F)(F)F)c2Br)c(F)cc1Cl.CCNc1nc(Cl)nc(NC(C)(C)C)n1.CP(=O)(O)CCC(N)C(=O)O. The molecule has 2 heterocycles. The Morgan fingerprint density at radius 1 is 1.14 bits per heavy atom. The first-order valence-electron chi connectivity index (χ1n) is 14.9. The zero-order chi connectivity index (χ0) is 39.6. The molecule has 2 atom stereocenters. The van der Waals surface area contributed by atoms with Crippen LogP contribution in [-0.2, 0) is 27.3 Å². The maximum atomic E-state index is 14.3. The molecule has 0 radical (unpaired) electrons. The number of alkyl halides is 3. The molecule has 51 heavy (non-hydrogen) atoms. The summed E-state index contributed by atoms with van der Waals surface area (Å²) < 4.78 is 69.3. The minimum Gasteiger partial charge on any atom is -0.480 e. The van der Waals surface area contributed by atoms with Gasteiger partial charge in [0.15, 0.2) is 13.1 Å². The van der Waals surface area contributed by atoms with Crippen LogP contribution in [0.4, 0.5) is 29.5 Å². The predicted octanol–water partition coefficient (Wildman–Crippen LogP) is 7.08. The number of benzene rings is 1. The summed E-state index contributed by atoms with van der Waals surface area (Å²) in [5.74, 6) is -1.90. The maximum absolute atomic E-state index is 14.3. The molecule has 2 unspecified atom stereocenters. The molecule has 3 aromatic rings. The molecule has 14 nitrogen and oxygen atoms in total. The van der Waals surface area contributed by atoms with Crippen LogP contribution >= 0.6 is 46.5 Å². The van der Waals surface area contributed by atoms with Crippen molar-refractivity contribution in [1.29, 1.82) is 0 Å². The fourth-order valence-corrected chi connectivity index (χ4v) is 5.54. The number of hydrogen-bond acceptors (Lipinski definition) is 11. The van der Waals surface area contributed by atoms with Gasteiger partial charge in [-0.25, -0.2) is 9.18 Å². The molecule has 0 aliphatic heterocycles. The number of anilines is 2. The van der Waals surface area contributed by atoms with Crippen molar-refractivity contribution in [2.45, 2.75) is 71.8 Å². The summed E-state index contributed by atoms with van der Waals surface area (Å²) in [6.07, 6.45) is -5.14. The number of rotatable bonds is 10. The summed E-state index contributed by atoms with van der Waals surface area (Å²) in [5, 5.41) is 18.1. The number of carbonyl (C=O) groups is 2. The molecule has 1 aromatic carbocycles. The third kappa shape index (κ3) is 16.0. The summed E-state index contributed by atoms with van der Waals surface area (Å²) in [6.45, 7) is 13.2. The van der Waals surface area contributed by atoms with Crippen molar-refractivity contribution in [1.82, 2.24) is 24.7 Å². The normalized spacial score (nSPS) is 13.2. The average molecular weight is 854 g/mol. The zero-order valence-electron chi connectivity index (χ0n) is 28.9. The fourth-order valence-electron chi connectivity index (χ4n) is 3.62. The molecule has 2 aromatic heterocycles. The van der Waals surface area contributed by atoms with Crippen LogP contribution in [0.2, 0.25) is 10.3 Å². The van der Waals surface area contributed by atoms with Gasteiger partial charge in [-0.3, -0.25) is 14.0 Å². The monoisotopic (exact) mass is 852 g/mol. The van der Waals surface area contributed by atoms with Gasteiger partial charge in [-0.15, -0.1) is 0 Å². The molecule has 0 saturated carbocycles. The lowest BCUT2D eigenvalue weighted by molar-refractivity contribution is -0.144. The van der Waals surface area contributed by atoms with E-state index >= 15 is 0 Å². The van der Waals surface area contributed by atoms with Gasteiger partial charge >= 0.3 is 18.1 Å². The van der Waals surface area contributed by atoms with Crippen LogP contribution in [0.3, 0.4) is 0 Å². The van der Waals surface area contributed by atoms with Gasteiger partial charge < -0.3 is 31.1 Å². The molecule has 0 spiro atoms. The van der Waals surface area contributed by atoms with Crippen molar-refractivity contribution in [2.24, 2.45) is 12.8 Å². The number of aromatic nitrogens is 5. The molecule has 0 aliphatic carbocycles. The van der Waals surface area contributed by atoms with Crippen LogP contribution in [0.25, 0.3) is 11.3 Å². The van der Waals surface area contributed by atoms with Crippen molar-refractivity contribution < 1.29 is 46.5 Å². The predicted molar refractivity (Wildman–Crippen MR) is 190 cm³/mol. The highest BCUT2D eigenvalue weighted by atomic mass is 79.9. The van der Waals surface area contributed by atoms with Gasteiger partial charge in [0.05, 0.1) is 21.2 Å². The van der Waals surface area contributed by atoms with E-state index in [-0.39, 0.29) is 45.2 Å². The number of aryl methyl sites for hydroxylation is 1. The Balaban J connectivity index is 0.000000425. The Labute approximate surface area is 310 Å². The van der Waals surface area contributed by atoms with Crippen molar-refractivity contribution in [3.8, 4) is 11.3 Å². The van der Waals surface area contributed by atoms with E-state index in [2.05, 4.69) is 46.6 Å². The first-order valence-corrected chi connectivity index (χ1v) is 18.7. The topological polar surface area (TPSA) is 207 Å². The number of hydrogen-bond donors (Lipinski definition) is 5. The summed E-state index contributed by atoms with van der Waals surface area (Å²) >= 11 is 14.4. The summed E-state index contributed by atoms with van der Waals surface area (Å²) in [4.78, 5) is 43.0. The lowest BCUT2D eigenvalue weighted by Gasteiger charge is -2.20. The highest BCUT2D eigenvalue weighted by Crippen LogP contribution is 2.41. The standard InChI is InChI=1S/C15H12BrClF4N2O2.C9H16ClN5.C5H12NO4P/c1-6(2)25-14(24)7-4-8(10(18)5-9(7)17)12-11(16)13(15(19,20)21)23(3)22-12;1-5-11-7-12-6(10)13-8(14-7)15-9(2,3)4;1-11(9,10)3-2-4(6)5(7)8/h4-6H,1-3H3;5H2,1-4H3,(H2,11,12,13,14,15);4H,2-3,6H2,1H3,(H,7,8)(H,9,10). The highest BCUT2D eigenvalue weighted by molar-refractivity contribution is 9.10. The van der Waals surface area contributed by atoms with Crippen LogP contribution < -0.4 is 16.4 Å². The minimum absolute atomic E-state index is 0.0412. The molecular formula is C29H40BrCl2F4N8O6P. The number of ether oxygens (including phenoxy) is 1. The van der Waals surface area contributed by atoms with E-state index in [0.717, 1.165) is 25.7 Å². The Morgan fingerprint density at radius 2 is 1.71 bits per heavy atom. The molecule has 0 fully saturated rings. The van der Waals surface area contributed by atoms with Gasteiger partial charge in [-0.1, -0.05) is 11.6 Å². The Hall–Kier alpha value is -3.09. The lowest BCUT2D eigenvalue weighted by atomic mass is 10.1. The van der Waals surface area contributed by atoms with Crippen molar-refractivity contribution in [2.75, 3.05) is 30.0 Å². The lowest BCUT2D eigenvalue weighted by Crippen LogP contribution is -2.30. The number of carboxylic acid groups (broad SMARTS) is 1. The molecule has 6 N–H and O–H groups in total. The first kappa shape index (κ1) is 45.9. The first-order chi connectivity index (χ1) is 23.2. The summed E-state index contributed by atoms with van der Waals surface area (Å²) in [7, 11) is -2.02. The van der Waals surface area contributed by atoms with E-state index in [4.69, 9.17) is 43.7 Å². The molecule has 0 bridgehead atoms. The highest BCUT2D eigenvalue weighted by Gasteiger charge is 2.39. The fraction of sp³-hybridized carbons (Fsp3) is 0.517. The zero-order valence-corrected chi connectivity index (χ0v) is 32.9. The van der Waals surface area contributed by atoms with Gasteiger partial charge in [0.1, 0.15) is 17.6 Å². The quantitative estimate of drug-likeness (QED) is 0.0786. The Bertz CT molecular complexity index is 1720. The molecule has 3 rings (SSSR count). The second-order valence-corrected chi connectivity index (χ2v) is 16.2. The molecule has 0 saturated heterocycles. The molecule has 286 valence electrons. The second-order valence-electron chi connectivity index (χ2n) is 12.1. The van der Waals surface area contributed by atoms with E-state index < -0.39 is 53.6 Å². The van der Waals surface area contributed by atoms with Gasteiger partial charge in [-0.05, 0) is 87.6 Å². The number of halogens is 7. The van der Waals surface area contributed by atoms with Crippen LogP contribution in [0.1, 0.15) is 64.0 Å². The Morgan fingerprint density at radius 3 is 2.16 bits per heavy atom. The summed E-state index contributed by atoms with van der Waals surface area (Å²) in [6, 6.07) is 0.827. The van der Waals surface area contributed by atoms with Crippen molar-refractivity contribution in [3.05, 3.63) is 44.0 Å². The average Bonchev–Trinajstić information content (AvgIpc) is 3.24. The maximum Gasteiger partial charge on any atom is 0.434 e. The third-order valence-electron chi connectivity index (χ3n) is 5.73. The van der Waals surface area contributed by atoms with Gasteiger partial charge in [0.2, 0.25) is 17.2 Å². The number of carbonyl (C=O) groups excluding carboxylic acids is 1. The van der Waals surface area contributed by atoms with Gasteiger partial charge in [-0.2, -0.15) is 33.2 Å². The number of aliphatic carboxylic acids is 1. The molecule has 0 aliphatic rings. The molecule has 22 heteroatoms. The van der Waals surface area contributed by atoms with Crippen LogP contribution in [0, 0.1) is 5.82 Å². The van der Waals surface area contributed by atoms with Crippen LogP contribution in [0.5, 0.6) is 0 Å². The number of carboxylic acids is 1. The van der Waals surface area contributed by atoms with Crippen molar-refractivity contribution in [3.63, 3.8) is 0 Å². The van der Waals surface area contributed by atoms with Crippen molar-refractivity contribution >= 4 is 70.3 Å². The van der Waals surface area contributed by atoms with E-state index in [1.807, 2.05) is 27.7 Å². The van der Waals surface area contributed by atoms with Gasteiger partial charge in [0, 0.05) is 37.5 Å². The van der Waals surface area contributed by atoms with Gasteiger partial charge in [0.25, 0.3) is 0 Å². The largest absolute Gasteiger partial charge is 0.480 e. The van der Waals surface area contributed by atoms with Crippen LogP contribution in [-0.4, -0.2) is 83.7 Å². The van der Waals surface area contributed by atoms with E-state index in [0.29, 0.717) is 16.6 Å². The smallest absolute Gasteiger partial charge is 0.434 e. The van der Waals surface area contributed by atoms with E-state index in [9.17, 15) is 31.7 Å². The summed E-state index contributed by atoms with van der Waals surface area (Å²) in [5.41, 5.74) is 3.13. The molecule has 0 amide bonds. The van der Waals surface area contributed by atoms with E-state index in [1.54, 1.807) is 13.8 Å². The van der Waals surface area contributed by atoms with Crippen LogP contribution in [0.15, 0.2) is 16.6 Å². The third-order valence-corrected chi connectivity index (χ3v) is 8.06. The second kappa shape index (κ2) is 19.1. The number of esters is 1. The van der Waals surface area contributed by atoms with E-state index in [1.165, 1.54) is 6.66 Å². The minimum atomic E-state index is -4.69. The number of nitrogens with one attached hydrogen (secondary N) is 2. The number of nitrogens with zero attached hydrogens (tertiary/aromatic N) is 5. The Kier molecular flexibility index (Phi) is 17.2. The number of nitrogens with two attached hydrogens (primary N) is 1.